The SMILES string of the molecule is C=CCNc1nccc(C(=O)N2CCN(CC)CC2)n1. The van der Waals surface area contributed by atoms with Gasteiger partial charge in [-0.15, -0.1) is 6.58 Å². The Morgan fingerprint density at radius 3 is 2.85 bits per heavy atom. The van der Waals surface area contributed by atoms with Crippen LogP contribution in [0.1, 0.15) is 17.4 Å². The normalized spacial score (nSPS) is 15.9. The summed E-state index contributed by atoms with van der Waals surface area (Å²) in [5.74, 6) is 0.438. The summed E-state index contributed by atoms with van der Waals surface area (Å²) in [5.41, 5.74) is 0.441. The van der Waals surface area contributed by atoms with Gasteiger partial charge >= 0.3 is 0 Å². The van der Waals surface area contributed by atoms with Gasteiger partial charge in [0, 0.05) is 38.9 Å². The van der Waals surface area contributed by atoms with Crippen LogP contribution in [0.15, 0.2) is 24.9 Å². The highest BCUT2D eigenvalue weighted by Gasteiger charge is 2.22. The van der Waals surface area contributed by atoms with Crippen LogP contribution in [0.25, 0.3) is 0 Å². The van der Waals surface area contributed by atoms with Gasteiger partial charge in [0.15, 0.2) is 0 Å². The van der Waals surface area contributed by atoms with E-state index in [2.05, 4.69) is 33.7 Å². The molecule has 1 N–H and O–H groups in total. The number of piperazine rings is 1. The van der Waals surface area contributed by atoms with Crippen molar-refractivity contribution in [2.24, 2.45) is 0 Å². The summed E-state index contributed by atoms with van der Waals surface area (Å²) in [4.78, 5) is 24.9. The van der Waals surface area contributed by atoms with E-state index in [-0.39, 0.29) is 5.91 Å². The van der Waals surface area contributed by atoms with E-state index >= 15 is 0 Å². The average Bonchev–Trinajstić information content (AvgIpc) is 2.52. The van der Waals surface area contributed by atoms with E-state index in [4.69, 9.17) is 0 Å². The number of amides is 1. The van der Waals surface area contributed by atoms with Gasteiger partial charge in [-0.25, -0.2) is 9.97 Å². The minimum Gasteiger partial charge on any atom is -0.351 e. The fraction of sp³-hybridized carbons (Fsp3) is 0.500. The average molecular weight is 275 g/mol. The summed E-state index contributed by atoms with van der Waals surface area (Å²) >= 11 is 0. The van der Waals surface area contributed by atoms with E-state index in [0.717, 1.165) is 32.7 Å². The van der Waals surface area contributed by atoms with Crippen molar-refractivity contribution in [3.05, 3.63) is 30.6 Å². The largest absolute Gasteiger partial charge is 0.351 e. The second kappa shape index (κ2) is 7.00. The standard InChI is InChI=1S/C14H21N5O/c1-3-6-15-14-16-7-5-12(17-14)13(20)19-10-8-18(4-2)9-11-19/h3,5,7H,1,4,6,8-11H2,2H3,(H,15,16,17). The molecule has 1 fully saturated rings. The third-order valence-corrected chi connectivity index (χ3v) is 3.39. The Kier molecular flexibility index (Phi) is 5.06. The maximum absolute atomic E-state index is 12.4. The van der Waals surface area contributed by atoms with Gasteiger partial charge in [0.1, 0.15) is 5.69 Å². The van der Waals surface area contributed by atoms with E-state index < -0.39 is 0 Å². The molecule has 6 heteroatoms. The van der Waals surface area contributed by atoms with Gasteiger partial charge in [-0.05, 0) is 12.6 Å². The van der Waals surface area contributed by atoms with Crippen LogP contribution in [0.3, 0.4) is 0 Å². The molecule has 0 saturated carbocycles. The number of carbonyl (C=O) groups is 1. The van der Waals surface area contributed by atoms with Crippen LogP contribution >= 0.6 is 0 Å². The van der Waals surface area contributed by atoms with E-state index in [1.165, 1.54) is 0 Å². The third-order valence-electron chi connectivity index (χ3n) is 3.39. The van der Waals surface area contributed by atoms with E-state index in [9.17, 15) is 4.79 Å². The Bertz CT molecular complexity index is 468. The molecule has 2 heterocycles. The van der Waals surface area contributed by atoms with Gasteiger partial charge in [0.25, 0.3) is 5.91 Å². The lowest BCUT2D eigenvalue weighted by Gasteiger charge is -2.33. The summed E-state index contributed by atoms with van der Waals surface area (Å²) < 4.78 is 0. The van der Waals surface area contributed by atoms with Crippen LogP contribution in [0.4, 0.5) is 5.95 Å². The molecule has 0 aromatic carbocycles. The second-order valence-corrected chi connectivity index (χ2v) is 4.66. The number of hydrogen-bond acceptors (Lipinski definition) is 5. The molecule has 0 spiro atoms. The number of nitrogens with zero attached hydrogens (tertiary/aromatic N) is 4. The zero-order valence-electron chi connectivity index (χ0n) is 11.9. The quantitative estimate of drug-likeness (QED) is 0.807. The second-order valence-electron chi connectivity index (χ2n) is 4.66. The smallest absolute Gasteiger partial charge is 0.272 e. The minimum absolute atomic E-state index is 0.0233. The molecule has 0 atom stereocenters. The van der Waals surface area contributed by atoms with Crippen LogP contribution < -0.4 is 5.32 Å². The highest BCUT2D eigenvalue weighted by Crippen LogP contribution is 2.08. The maximum Gasteiger partial charge on any atom is 0.272 e. The first-order valence-electron chi connectivity index (χ1n) is 6.94. The molecule has 0 unspecified atom stereocenters. The molecule has 6 nitrogen and oxygen atoms in total. The van der Waals surface area contributed by atoms with Gasteiger partial charge in [-0.3, -0.25) is 4.79 Å². The molecule has 1 saturated heterocycles. The first-order valence-corrected chi connectivity index (χ1v) is 6.94. The molecule has 2 rings (SSSR count). The van der Waals surface area contributed by atoms with Gasteiger partial charge in [0.2, 0.25) is 5.95 Å². The number of likely N-dealkylation sites (N-methyl/N-ethyl adjacent to an activating group) is 1. The van der Waals surface area contributed by atoms with Crippen molar-refractivity contribution >= 4 is 11.9 Å². The van der Waals surface area contributed by atoms with E-state index in [0.29, 0.717) is 18.2 Å². The number of aromatic nitrogens is 2. The molecule has 20 heavy (non-hydrogen) atoms. The summed E-state index contributed by atoms with van der Waals surface area (Å²) in [6.45, 7) is 10.7. The Morgan fingerprint density at radius 2 is 2.20 bits per heavy atom. The zero-order chi connectivity index (χ0) is 14.4. The van der Waals surface area contributed by atoms with Crippen LogP contribution in [-0.4, -0.2) is 64.9 Å². The molecule has 1 amide bonds. The summed E-state index contributed by atoms with van der Waals surface area (Å²) in [7, 11) is 0. The van der Waals surface area contributed by atoms with E-state index in [1.54, 1.807) is 18.3 Å². The van der Waals surface area contributed by atoms with Crippen molar-refractivity contribution in [1.29, 1.82) is 0 Å². The molecular formula is C14H21N5O. The molecule has 1 aliphatic rings. The van der Waals surface area contributed by atoms with Crippen molar-refractivity contribution in [3.63, 3.8) is 0 Å². The fourth-order valence-corrected chi connectivity index (χ4v) is 2.16. The van der Waals surface area contributed by atoms with Crippen molar-refractivity contribution in [3.8, 4) is 0 Å². The molecule has 1 aromatic rings. The molecule has 0 radical (unpaired) electrons. The number of hydrogen-bond donors (Lipinski definition) is 1. The van der Waals surface area contributed by atoms with Crippen molar-refractivity contribution in [2.45, 2.75) is 6.92 Å². The minimum atomic E-state index is -0.0233. The molecule has 1 aliphatic heterocycles. The number of nitrogens with one attached hydrogen (secondary N) is 1. The van der Waals surface area contributed by atoms with Crippen LogP contribution in [0.5, 0.6) is 0 Å². The Labute approximate surface area is 119 Å². The fourth-order valence-electron chi connectivity index (χ4n) is 2.16. The highest BCUT2D eigenvalue weighted by atomic mass is 16.2. The third kappa shape index (κ3) is 3.54. The monoisotopic (exact) mass is 275 g/mol. The topological polar surface area (TPSA) is 61.4 Å². The van der Waals surface area contributed by atoms with Gasteiger partial charge in [0.05, 0.1) is 0 Å². The summed E-state index contributed by atoms with van der Waals surface area (Å²) in [5, 5.41) is 2.99. The van der Waals surface area contributed by atoms with Gasteiger partial charge in [-0.1, -0.05) is 13.0 Å². The van der Waals surface area contributed by atoms with Gasteiger partial charge in [-0.2, -0.15) is 0 Å². The predicted molar refractivity (Wildman–Crippen MR) is 78.7 cm³/mol. The van der Waals surface area contributed by atoms with Crippen LogP contribution in [0.2, 0.25) is 0 Å². The lowest BCUT2D eigenvalue weighted by Crippen LogP contribution is -2.48. The summed E-state index contributed by atoms with van der Waals surface area (Å²) in [6.07, 6.45) is 3.33. The molecular weight excluding hydrogens is 254 g/mol. The van der Waals surface area contributed by atoms with Gasteiger partial charge < -0.3 is 15.1 Å². The zero-order valence-corrected chi connectivity index (χ0v) is 11.9. The number of rotatable bonds is 5. The van der Waals surface area contributed by atoms with E-state index in [1.807, 2.05) is 4.90 Å². The first-order chi connectivity index (χ1) is 9.74. The number of carbonyl (C=O) groups excluding carboxylic acids is 1. The van der Waals surface area contributed by atoms with Crippen LogP contribution in [0, 0.1) is 0 Å². The van der Waals surface area contributed by atoms with Crippen molar-refractivity contribution < 1.29 is 4.79 Å². The molecule has 0 bridgehead atoms. The predicted octanol–water partition coefficient (Wildman–Crippen LogP) is 0.852. The Morgan fingerprint density at radius 1 is 1.45 bits per heavy atom. The van der Waals surface area contributed by atoms with Crippen molar-refractivity contribution in [1.82, 2.24) is 19.8 Å². The highest BCUT2D eigenvalue weighted by molar-refractivity contribution is 5.92. The first kappa shape index (κ1) is 14.5. The molecule has 1 aromatic heterocycles. The molecule has 108 valence electrons. The lowest BCUT2D eigenvalue weighted by atomic mass is 10.2. The maximum atomic E-state index is 12.4. The number of anilines is 1. The Balaban J connectivity index is 2.00. The molecule has 0 aliphatic carbocycles. The van der Waals surface area contributed by atoms with Crippen molar-refractivity contribution in [2.75, 3.05) is 44.6 Å². The van der Waals surface area contributed by atoms with Crippen LogP contribution in [-0.2, 0) is 0 Å². The summed E-state index contributed by atoms with van der Waals surface area (Å²) in [6, 6.07) is 1.66. The Hall–Kier alpha value is -1.95. The lowest BCUT2D eigenvalue weighted by molar-refractivity contribution is 0.0637.